The molecule has 4 heteroatoms. The van der Waals surface area contributed by atoms with Gasteiger partial charge in [-0.1, -0.05) is 30.3 Å². The second-order valence-electron chi connectivity index (χ2n) is 4.17. The maximum Gasteiger partial charge on any atom is 0.103 e. The smallest absolute Gasteiger partial charge is 0.103 e. The second-order valence-corrected chi connectivity index (χ2v) is 4.17. The van der Waals surface area contributed by atoms with E-state index in [9.17, 15) is 5.11 Å². The van der Waals surface area contributed by atoms with Crippen molar-refractivity contribution in [2.45, 2.75) is 24.7 Å². The minimum atomic E-state index is -0.652. The van der Waals surface area contributed by atoms with Crippen LogP contribution in [0.4, 0.5) is 0 Å². The van der Waals surface area contributed by atoms with E-state index in [4.69, 9.17) is 14.2 Å². The van der Waals surface area contributed by atoms with Crippen molar-refractivity contribution in [3.05, 3.63) is 35.9 Å². The number of rotatable bonds is 8. The molecular weight excluding hydrogens is 232 g/mol. The van der Waals surface area contributed by atoms with Crippen LogP contribution in [0.5, 0.6) is 0 Å². The Morgan fingerprint density at radius 2 is 1.72 bits per heavy atom. The molecule has 0 bridgehead atoms. The van der Waals surface area contributed by atoms with E-state index >= 15 is 0 Å². The Kier molecular flexibility index (Phi) is 6.90. The summed E-state index contributed by atoms with van der Waals surface area (Å²) in [6.45, 7) is 0.254. The zero-order valence-corrected chi connectivity index (χ0v) is 11.2. The lowest BCUT2D eigenvalue weighted by atomic mass is 10.0. The van der Waals surface area contributed by atoms with Crippen molar-refractivity contribution >= 4 is 0 Å². The van der Waals surface area contributed by atoms with E-state index < -0.39 is 6.10 Å². The van der Waals surface area contributed by atoms with Crippen molar-refractivity contribution in [2.24, 2.45) is 0 Å². The van der Waals surface area contributed by atoms with Gasteiger partial charge in [-0.25, -0.2) is 0 Å². The molecule has 0 heterocycles. The maximum absolute atomic E-state index is 9.89. The van der Waals surface area contributed by atoms with Crippen LogP contribution in [0.3, 0.4) is 0 Å². The summed E-state index contributed by atoms with van der Waals surface area (Å²) < 4.78 is 15.7. The number of ether oxygens (including phenoxy) is 3. The standard InChI is InChI=1S/C14H22O4/c1-16-10-12(15)14(18-3)9-13(17-2)11-7-5-4-6-8-11/h4-8,12-15H,9-10H2,1-3H3/t12-,13+,14+/m1/s1. The van der Waals surface area contributed by atoms with Crippen LogP contribution < -0.4 is 0 Å². The van der Waals surface area contributed by atoms with Gasteiger partial charge < -0.3 is 19.3 Å². The van der Waals surface area contributed by atoms with Gasteiger partial charge in [0, 0.05) is 27.8 Å². The van der Waals surface area contributed by atoms with Crippen LogP contribution >= 0.6 is 0 Å². The highest BCUT2D eigenvalue weighted by molar-refractivity contribution is 5.17. The van der Waals surface area contributed by atoms with Gasteiger partial charge in [-0.05, 0) is 5.56 Å². The molecule has 4 nitrogen and oxygen atoms in total. The Labute approximate surface area is 108 Å². The molecule has 18 heavy (non-hydrogen) atoms. The highest BCUT2D eigenvalue weighted by Gasteiger charge is 2.24. The Balaban J connectivity index is 2.66. The fourth-order valence-electron chi connectivity index (χ4n) is 1.94. The lowest BCUT2D eigenvalue weighted by molar-refractivity contribution is -0.0702. The number of aliphatic hydroxyl groups is 1. The first-order chi connectivity index (χ1) is 8.72. The number of methoxy groups -OCH3 is 3. The molecule has 0 amide bonds. The van der Waals surface area contributed by atoms with Gasteiger partial charge in [0.25, 0.3) is 0 Å². The Hall–Kier alpha value is -0.940. The Morgan fingerprint density at radius 1 is 1.06 bits per heavy atom. The molecule has 102 valence electrons. The molecule has 0 saturated heterocycles. The quantitative estimate of drug-likeness (QED) is 0.768. The van der Waals surface area contributed by atoms with E-state index in [1.54, 1.807) is 21.3 Å². The molecule has 1 rings (SSSR count). The number of hydrogen-bond acceptors (Lipinski definition) is 4. The minimum Gasteiger partial charge on any atom is -0.388 e. The van der Waals surface area contributed by atoms with Gasteiger partial charge in [-0.2, -0.15) is 0 Å². The number of benzene rings is 1. The third-order valence-electron chi connectivity index (χ3n) is 2.97. The Bertz CT molecular complexity index is 315. The summed E-state index contributed by atoms with van der Waals surface area (Å²) >= 11 is 0. The van der Waals surface area contributed by atoms with Crippen molar-refractivity contribution < 1.29 is 19.3 Å². The molecule has 1 aromatic carbocycles. The number of hydrogen-bond donors (Lipinski definition) is 1. The van der Waals surface area contributed by atoms with Gasteiger partial charge in [0.1, 0.15) is 6.10 Å². The van der Waals surface area contributed by atoms with Gasteiger partial charge in [0.15, 0.2) is 0 Å². The first-order valence-corrected chi connectivity index (χ1v) is 6.00. The molecule has 0 aliphatic heterocycles. The van der Waals surface area contributed by atoms with Crippen LogP contribution in [0.1, 0.15) is 18.1 Å². The average molecular weight is 254 g/mol. The molecule has 1 aromatic rings. The van der Waals surface area contributed by atoms with Crippen LogP contribution in [0.25, 0.3) is 0 Å². The Morgan fingerprint density at radius 3 is 2.22 bits per heavy atom. The summed E-state index contributed by atoms with van der Waals surface area (Å²) in [5, 5.41) is 9.89. The molecule has 0 unspecified atom stereocenters. The van der Waals surface area contributed by atoms with Crippen LogP contribution in [0.2, 0.25) is 0 Å². The molecule has 0 spiro atoms. The largest absolute Gasteiger partial charge is 0.388 e. The van der Waals surface area contributed by atoms with Crippen LogP contribution in [-0.2, 0) is 14.2 Å². The van der Waals surface area contributed by atoms with Gasteiger partial charge in [-0.15, -0.1) is 0 Å². The summed E-state index contributed by atoms with van der Waals surface area (Å²) in [6, 6.07) is 9.90. The monoisotopic (exact) mass is 254 g/mol. The topological polar surface area (TPSA) is 47.9 Å². The number of aliphatic hydroxyl groups excluding tert-OH is 1. The predicted molar refractivity (Wildman–Crippen MR) is 69.5 cm³/mol. The van der Waals surface area contributed by atoms with E-state index in [1.165, 1.54) is 0 Å². The van der Waals surface area contributed by atoms with Crippen molar-refractivity contribution in [3.8, 4) is 0 Å². The van der Waals surface area contributed by atoms with Crippen molar-refractivity contribution in [1.82, 2.24) is 0 Å². The molecule has 3 atom stereocenters. The second kappa shape index (κ2) is 8.21. The van der Waals surface area contributed by atoms with E-state index in [0.29, 0.717) is 6.42 Å². The molecular formula is C14H22O4. The van der Waals surface area contributed by atoms with Crippen molar-refractivity contribution in [3.63, 3.8) is 0 Å². The zero-order valence-electron chi connectivity index (χ0n) is 11.2. The SMILES string of the molecule is COC[C@@H](O)[C@H](C[C@H](OC)c1ccccc1)OC. The van der Waals surface area contributed by atoms with Crippen molar-refractivity contribution in [1.29, 1.82) is 0 Å². The third-order valence-corrected chi connectivity index (χ3v) is 2.97. The van der Waals surface area contributed by atoms with E-state index in [-0.39, 0.29) is 18.8 Å². The molecule has 0 fully saturated rings. The van der Waals surface area contributed by atoms with Crippen LogP contribution in [0.15, 0.2) is 30.3 Å². The molecule has 0 aliphatic rings. The first kappa shape index (κ1) is 15.1. The van der Waals surface area contributed by atoms with Crippen molar-refractivity contribution in [2.75, 3.05) is 27.9 Å². The average Bonchev–Trinajstić information content (AvgIpc) is 2.41. The predicted octanol–water partition coefficient (Wildman–Crippen LogP) is 1.79. The zero-order chi connectivity index (χ0) is 13.4. The lowest BCUT2D eigenvalue weighted by Gasteiger charge is -2.25. The van der Waals surface area contributed by atoms with Crippen LogP contribution in [-0.4, -0.2) is 45.3 Å². The van der Waals surface area contributed by atoms with Gasteiger partial charge in [0.2, 0.25) is 0 Å². The molecule has 1 N–H and O–H groups in total. The minimum absolute atomic E-state index is 0.0948. The summed E-state index contributed by atoms with van der Waals surface area (Å²) in [7, 11) is 4.80. The molecule has 0 radical (unpaired) electrons. The lowest BCUT2D eigenvalue weighted by Crippen LogP contribution is -2.33. The normalized spacial score (nSPS) is 16.2. The van der Waals surface area contributed by atoms with E-state index in [1.807, 2.05) is 30.3 Å². The summed E-state index contributed by atoms with van der Waals surface area (Å²) in [5.74, 6) is 0. The van der Waals surface area contributed by atoms with E-state index in [0.717, 1.165) is 5.56 Å². The fraction of sp³-hybridized carbons (Fsp3) is 0.571. The summed E-state index contributed by atoms with van der Waals surface area (Å²) in [5.41, 5.74) is 1.08. The van der Waals surface area contributed by atoms with Gasteiger partial charge >= 0.3 is 0 Å². The van der Waals surface area contributed by atoms with E-state index in [2.05, 4.69) is 0 Å². The highest BCUT2D eigenvalue weighted by atomic mass is 16.5. The van der Waals surface area contributed by atoms with Crippen LogP contribution in [0, 0.1) is 0 Å². The van der Waals surface area contributed by atoms with Gasteiger partial charge in [0.05, 0.1) is 18.8 Å². The molecule has 0 aromatic heterocycles. The fourth-order valence-corrected chi connectivity index (χ4v) is 1.94. The molecule has 0 saturated carbocycles. The highest BCUT2D eigenvalue weighted by Crippen LogP contribution is 2.24. The van der Waals surface area contributed by atoms with Gasteiger partial charge in [-0.3, -0.25) is 0 Å². The first-order valence-electron chi connectivity index (χ1n) is 6.00. The summed E-state index contributed by atoms with van der Waals surface area (Å²) in [6.07, 6.45) is -0.472. The molecule has 0 aliphatic carbocycles. The summed E-state index contributed by atoms with van der Waals surface area (Å²) in [4.78, 5) is 0. The third kappa shape index (κ3) is 4.38. The maximum atomic E-state index is 9.89.